The van der Waals surface area contributed by atoms with Crippen LogP contribution in [0, 0.1) is 11.3 Å². The molecule has 2 nitrogen and oxygen atoms in total. The van der Waals surface area contributed by atoms with Crippen molar-refractivity contribution in [3.05, 3.63) is 83.9 Å². The summed E-state index contributed by atoms with van der Waals surface area (Å²) < 4.78 is 0. The second-order valence-corrected chi connectivity index (χ2v) is 4.76. The van der Waals surface area contributed by atoms with Gasteiger partial charge in [-0.05, 0) is 23.3 Å². The molecule has 0 atom stereocenters. The van der Waals surface area contributed by atoms with E-state index in [9.17, 15) is 0 Å². The normalized spacial score (nSPS) is 10.2. The van der Waals surface area contributed by atoms with Gasteiger partial charge in [0.25, 0.3) is 0 Å². The summed E-state index contributed by atoms with van der Waals surface area (Å²) in [5, 5.41) is 8.95. The van der Waals surface area contributed by atoms with Gasteiger partial charge in [0.05, 0.1) is 11.6 Å². The molecular formula is C18H18N2. The van der Waals surface area contributed by atoms with Gasteiger partial charge in [0.1, 0.15) is 0 Å². The van der Waals surface area contributed by atoms with Gasteiger partial charge in [-0.15, -0.1) is 6.58 Å². The summed E-state index contributed by atoms with van der Waals surface area (Å²) in [4.78, 5) is 2.30. The van der Waals surface area contributed by atoms with Gasteiger partial charge in [-0.2, -0.15) is 5.26 Å². The Bertz CT molecular complexity index is 596. The highest BCUT2D eigenvalue weighted by Crippen LogP contribution is 2.11. The molecule has 0 aromatic heterocycles. The monoisotopic (exact) mass is 262 g/mol. The van der Waals surface area contributed by atoms with Crippen LogP contribution in [0.1, 0.15) is 16.7 Å². The van der Waals surface area contributed by atoms with E-state index in [-0.39, 0.29) is 0 Å². The van der Waals surface area contributed by atoms with E-state index in [4.69, 9.17) is 5.26 Å². The molecular weight excluding hydrogens is 244 g/mol. The Morgan fingerprint density at radius 2 is 1.70 bits per heavy atom. The van der Waals surface area contributed by atoms with E-state index in [2.05, 4.69) is 47.9 Å². The highest BCUT2D eigenvalue weighted by atomic mass is 15.1. The lowest BCUT2D eigenvalue weighted by atomic mass is 10.1. The summed E-state index contributed by atoms with van der Waals surface area (Å²) in [6.07, 6.45) is 1.91. The smallest absolute Gasteiger partial charge is 0.0991 e. The van der Waals surface area contributed by atoms with Crippen molar-refractivity contribution in [3.63, 3.8) is 0 Å². The molecule has 0 aliphatic carbocycles. The number of nitriles is 1. The largest absolute Gasteiger partial charge is 0.291 e. The molecule has 0 spiro atoms. The maximum absolute atomic E-state index is 8.95. The van der Waals surface area contributed by atoms with Crippen LogP contribution in [0.2, 0.25) is 0 Å². The van der Waals surface area contributed by atoms with Crippen LogP contribution in [0.25, 0.3) is 0 Å². The highest BCUT2D eigenvalue weighted by molar-refractivity contribution is 5.32. The van der Waals surface area contributed by atoms with Gasteiger partial charge in [0, 0.05) is 19.6 Å². The Morgan fingerprint density at radius 3 is 2.40 bits per heavy atom. The SMILES string of the molecule is C=CCN(Cc1ccccc1)Cc1cccc(C#N)c1. The molecule has 20 heavy (non-hydrogen) atoms. The van der Waals surface area contributed by atoms with E-state index < -0.39 is 0 Å². The van der Waals surface area contributed by atoms with Crippen molar-refractivity contribution in [3.8, 4) is 6.07 Å². The minimum atomic E-state index is 0.709. The molecule has 100 valence electrons. The molecule has 2 heteroatoms. The molecule has 0 unspecified atom stereocenters. The van der Waals surface area contributed by atoms with Crippen molar-refractivity contribution < 1.29 is 0 Å². The lowest BCUT2D eigenvalue weighted by molar-refractivity contribution is 0.286. The molecule has 0 aliphatic rings. The zero-order valence-corrected chi connectivity index (χ0v) is 11.5. The predicted octanol–water partition coefficient (Wildman–Crippen LogP) is 3.75. The fourth-order valence-corrected chi connectivity index (χ4v) is 2.21. The molecule has 0 heterocycles. The Hall–Kier alpha value is -2.37. The summed E-state index contributed by atoms with van der Waals surface area (Å²) in [5.74, 6) is 0. The van der Waals surface area contributed by atoms with Gasteiger partial charge in [-0.1, -0.05) is 48.5 Å². The fraction of sp³-hybridized carbons (Fsp3) is 0.167. The number of hydrogen-bond acceptors (Lipinski definition) is 2. The fourth-order valence-electron chi connectivity index (χ4n) is 2.21. The Kier molecular flexibility index (Phi) is 5.11. The van der Waals surface area contributed by atoms with Gasteiger partial charge >= 0.3 is 0 Å². The first kappa shape index (κ1) is 14.0. The third-order valence-electron chi connectivity index (χ3n) is 3.10. The lowest BCUT2D eigenvalue weighted by Crippen LogP contribution is -2.22. The van der Waals surface area contributed by atoms with Crippen molar-refractivity contribution in [1.29, 1.82) is 5.26 Å². The molecule has 0 bridgehead atoms. The van der Waals surface area contributed by atoms with Crippen LogP contribution in [0.4, 0.5) is 0 Å². The minimum Gasteiger partial charge on any atom is -0.291 e. The maximum atomic E-state index is 8.95. The molecule has 2 aromatic carbocycles. The molecule has 0 amide bonds. The topological polar surface area (TPSA) is 27.0 Å². The summed E-state index contributed by atoms with van der Waals surface area (Å²) in [5.41, 5.74) is 3.15. The van der Waals surface area contributed by atoms with Gasteiger partial charge in [0.2, 0.25) is 0 Å². The van der Waals surface area contributed by atoms with Crippen molar-refractivity contribution in [2.24, 2.45) is 0 Å². The van der Waals surface area contributed by atoms with E-state index >= 15 is 0 Å². The van der Waals surface area contributed by atoms with Crippen LogP contribution in [0.5, 0.6) is 0 Å². The van der Waals surface area contributed by atoms with Crippen molar-refractivity contribution in [2.45, 2.75) is 13.1 Å². The zero-order chi connectivity index (χ0) is 14.2. The molecule has 0 saturated heterocycles. The van der Waals surface area contributed by atoms with Crippen molar-refractivity contribution in [1.82, 2.24) is 4.90 Å². The van der Waals surface area contributed by atoms with E-state index in [1.165, 1.54) is 5.56 Å². The Labute approximate surface area is 120 Å². The number of nitrogens with zero attached hydrogens (tertiary/aromatic N) is 2. The standard InChI is InChI=1S/C18H18N2/c1-2-11-20(14-16-7-4-3-5-8-16)15-18-10-6-9-17(12-18)13-19/h2-10,12H,1,11,14-15H2. The maximum Gasteiger partial charge on any atom is 0.0991 e. The third-order valence-corrected chi connectivity index (χ3v) is 3.10. The lowest BCUT2D eigenvalue weighted by Gasteiger charge is -2.21. The second kappa shape index (κ2) is 7.28. The van der Waals surface area contributed by atoms with E-state index in [1.54, 1.807) is 0 Å². The van der Waals surface area contributed by atoms with Crippen molar-refractivity contribution >= 4 is 0 Å². The van der Waals surface area contributed by atoms with Crippen LogP contribution in [-0.4, -0.2) is 11.4 Å². The van der Waals surface area contributed by atoms with E-state index in [1.807, 2.05) is 30.3 Å². The Morgan fingerprint density at radius 1 is 1.00 bits per heavy atom. The number of hydrogen-bond donors (Lipinski definition) is 0. The molecule has 0 N–H and O–H groups in total. The summed E-state index contributed by atoms with van der Waals surface area (Å²) in [6.45, 7) is 6.34. The Balaban J connectivity index is 2.09. The first-order valence-corrected chi connectivity index (χ1v) is 6.68. The molecule has 0 aliphatic heterocycles. The second-order valence-electron chi connectivity index (χ2n) is 4.76. The average molecular weight is 262 g/mol. The minimum absolute atomic E-state index is 0.709. The van der Waals surface area contributed by atoms with Gasteiger partial charge in [-0.3, -0.25) is 4.90 Å². The third kappa shape index (κ3) is 4.08. The highest BCUT2D eigenvalue weighted by Gasteiger charge is 2.06. The van der Waals surface area contributed by atoms with Crippen LogP contribution >= 0.6 is 0 Å². The zero-order valence-electron chi connectivity index (χ0n) is 11.5. The molecule has 0 saturated carbocycles. The van der Waals surface area contributed by atoms with Gasteiger partial charge < -0.3 is 0 Å². The molecule has 0 fully saturated rings. The van der Waals surface area contributed by atoms with Crippen molar-refractivity contribution in [2.75, 3.05) is 6.54 Å². The molecule has 2 rings (SSSR count). The van der Waals surface area contributed by atoms with E-state index in [0.29, 0.717) is 5.56 Å². The van der Waals surface area contributed by atoms with E-state index in [0.717, 1.165) is 25.2 Å². The predicted molar refractivity (Wildman–Crippen MR) is 81.9 cm³/mol. The van der Waals surface area contributed by atoms with Crippen LogP contribution in [0.15, 0.2) is 67.3 Å². The average Bonchev–Trinajstić information content (AvgIpc) is 2.49. The number of benzene rings is 2. The number of rotatable bonds is 6. The first-order valence-electron chi connectivity index (χ1n) is 6.68. The van der Waals surface area contributed by atoms with Gasteiger partial charge in [-0.25, -0.2) is 0 Å². The van der Waals surface area contributed by atoms with Crippen LogP contribution in [0.3, 0.4) is 0 Å². The van der Waals surface area contributed by atoms with Crippen LogP contribution in [-0.2, 0) is 13.1 Å². The molecule has 0 radical (unpaired) electrons. The summed E-state index contributed by atoms with van der Waals surface area (Å²) >= 11 is 0. The van der Waals surface area contributed by atoms with Gasteiger partial charge in [0.15, 0.2) is 0 Å². The quantitative estimate of drug-likeness (QED) is 0.741. The molecule has 2 aromatic rings. The first-order chi connectivity index (χ1) is 9.81. The summed E-state index contributed by atoms with van der Waals surface area (Å²) in [7, 11) is 0. The van der Waals surface area contributed by atoms with Crippen LogP contribution < -0.4 is 0 Å². The summed E-state index contributed by atoms with van der Waals surface area (Å²) in [6, 6.07) is 20.3.